The molecule has 4 aliphatic heterocycles. The third-order valence-electron chi connectivity index (χ3n) is 4.87. The van der Waals surface area contributed by atoms with E-state index in [1.54, 1.807) is 34.6 Å². The smallest absolute Gasteiger partial charge is 0.419 e. The number of hydrogen-bond acceptors (Lipinski definition) is 8. The molecule has 2 amide bonds. The van der Waals surface area contributed by atoms with E-state index in [2.05, 4.69) is 15.9 Å². The molecule has 0 aromatic carbocycles. The van der Waals surface area contributed by atoms with Crippen LogP contribution in [0.3, 0.4) is 0 Å². The molecule has 0 aromatic rings. The van der Waals surface area contributed by atoms with Crippen LogP contribution in [0.5, 0.6) is 0 Å². The Bertz CT molecular complexity index is 667. The van der Waals surface area contributed by atoms with E-state index in [9.17, 15) is 9.59 Å². The zero-order valence-electron chi connectivity index (χ0n) is 15.2. The topological polar surface area (TPSA) is 92.8 Å². The summed E-state index contributed by atoms with van der Waals surface area (Å²) >= 11 is 3.23. The molecule has 4 aliphatic rings. The van der Waals surface area contributed by atoms with Gasteiger partial charge in [-0.05, 0) is 34.6 Å². The Balaban J connectivity index is 1.91. The molecule has 0 unspecified atom stereocenters. The number of hydrogen-bond donors (Lipinski definition) is 0. The second kappa shape index (κ2) is 5.39. The van der Waals surface area contributed by atoms with Crippen LogP contribution in [0.15, 0.2) is 0 Å². The first-order chi connectivity index (χ1) is 11.9. The zero-order chi connectivity index (χ0) is 19.1. The lowest BCUT2D eigenvalue weighted by atomic mass is 9.87. The lowest BCUT2D eigenvalue weighted by molar-refractivity contribution is -0.357. The first-order valence-corrected chi connectivity index (χ1v) is 9.39. The van der Waals surface area contributed by atoms with E-state index < -0.39 is 52.1 Å². The average molecular weight is 436 g/mol. The van der Waals surface area contributed by atoms with Crippen molar-refractivity contribution in [2.75, 3.05) is 13.2 Å². The molecule has 4 rings (SSSR count). The van der Waals surface area contributed by atoms with Gasteiger partial charge in [-0.2, -0.15) is 0 Å². The fourth-order valence-electron chi connectivity index (χ4n) is 4.16. The van der Waals surface area contributed by atoms with Gasteiger partial charge in [0.05, 0.1) is 11.4 Å². The first-order valence-electron chi connectivity index (χ1n) is 8.48. The number of carbonyl (C=O) groups is 2. The number of ether oxygens (including phenoxy) is 6. The van der Waals surface area contributed by atoms with Crippen LogP contribution in [0.4, 0.5) is 4.79 Å². The van der Waals surface area contributed by atoms with E-state index in [-0.39, 0.29) is 13.2 Å². The Hall–Kier alpha value is -0.780. The highest BCUT2D eigenvalue weighted by Crippen LogP contribution is 2.57. The SMILES string of the molecule is C[C@@H](Br)C(=O)N1C(=O)OC[C@@]23OC[C@H]4OC(C)(C)O[C@H]4[C@@]12OC(C)(C)O3. The van der Waals surface area contributed by atoms with Gasteiger partial charge in [-0.25, -0.2) is 9.69 Å². The first kappa shape index (κ1) is 18.6. The van der Waals surface area contributed by atoms with Gasteiger partial charge < -0.3 is 28.4 Å². The highest BCUT2D eigenvalue weighted by atomic mass is 79.9. The number of halogens is 1. The van der Waals surface area contributed by atoms with Crippen LogP contribution in [0, 0.1) is 0 Å². The van der Waals surface area contributed by atoms with Crippen LogP contribution < -0.4 is 0 Å². The van der Waals surface area contributed by atoms with Crippen molar-refractivity contribution in [2.24, 2.45) is 0 Å². The summed E-state index contributed by atoms with van der Waals surface area (Å²) in [6.07, 6.45) is -2.17. The Kier molecular flexibility index (Phi) is 3.85. The van der Waals surface area contributed by atoms with Crippen molar-refractivity contribution >= 4 is 27.9 Å². The standard InChI is InChI=1S/C16H22BrNO8/c1-8(17)11(19)18-12(20)21-7-15-16(18,26-14(4,5)25-15)10-9(6-22-15)23-13(2,3)24-10/h8-10H,6-7H2,1-5H3/t8-,9-,10-,15+,16+/m1/s1. The fraction of sp³-hybridized carbons (Fsp3) is 0.875. The molecule has 146 valence electrons. The van der Waals surface area contributed by atoms with Crippen LogP contribution in [0.25, 0.3) is 0 Å². The van der Waals surface area contributed by atoms with Gasteiger partial charge in [-0.3, -0.25) is 4.79 Å². The van der Waals surface area contributed by atoms with E-state index in [4.69, 9.17) is 28.4 Å². The third kappa shape index (κ3) is 2.33. The van der Waals surface area contributed by atoms with Crippen molar-refractivity contribution in [1.82, 2.24) is 4.90 Å². The highest BCUT2D eigenvalue weighted by molar-refractivity contribution is 9.10. The van der Waals surface area contributed by atoms with Crippen LogP contribution in [-0.2, 0) is 33.2 Å². The van der Waals surface area contributed by atoms with Crippen molar-refractivity contribution in [3.8, 4) is 0 Å². The number of nitrogens with zero attached hydrogens (tertiary/aromatic N) is 1. The van der Waals surface area contributed by atoms with Crippen LogP contribution in [0.1, 0.15) is 34.6 Å². The van der Waals surface area contributed by atoms with Gasteiger partial charge in [0.2, 0.25) is 11.6 Å². The predicted octanol–water partition coefficient (Wildman–Crippen LogP) is 1.47. The maximum Gasteiger partial charge on any atom is 0.419 e. The Morgan fingerprint density at radius 2 is 1.88 bits per heavy atom. The van der Waals surface area contributed by atoms with Gasteiger partial charge in [0.25, 0.3) is 5.79 Å². The van der Waals surface area contributed by atoms with Gasteiger partial charge >= 0.3 is 6.09 Å². The molecule has 0 radical (unpaired) electrons. The molecule has 4 heterocycles. The molecule has 0 N–H and O–H groups in total. The van der Waals surface area contributed by atoms with Crippen LogP contribution in [-0.4, -0.2) is 70.2 Å². The third-order valence-corrected chi connectivity index (χ3v) is 5.26. The van der Waals surface area contributed by atoms with E-state index in [0.717, 1.165) is 4.90 Å². The number of amides is 2. The molecule has 0 bridgehead atoms. The van der Waals surface area contributed by atoms with Gasteiger partial charge in [0.15, 0.2) is 18.2 Å². The molecule has 9 nitrogen and oxygen atoms in total. The molecule has 4 fully saturated rings. The minimum Gasteiger partial charge on any atom is -0.443 e. The lowest BCUT2D eigenvalue weighted by Crippen LogP contribution is -2.81. The Morgan fingerprint density at radius 3 is 2.54 bits per heavy atom. The van der Waals surface area contributed by atoms with E-state index in [1.807, 2.05) is 0 Å². The molecule has 4 saturated heterocycles. The minimum atomic E-state index is -1.67. The summed E-state index contributed by atoms with van der Waals surface area (Å²) < 4.78 is 35.5. The fourth-order valence-corrected chi connectivity index (χ4v) is 4.37. The van der Waals surface area contributed by atoms with Crippen LogP contribution >= 0.6 is 15.9 Å². The second-order valence-electron chi connectivity index (χ2n) is 7.80. The van der Waals surface area contributed by atoms with Crippen molar-refractivity contribution in [3.05, 3.63) is 0 Å². The van der Waals surface area contributed by atoms with Crippen molar-refractivity contribution in [1.29, 1.82) is 0 Å². The van der Waals surface area contributed by atoms with Crippen molar-refractivity contribution in [3.63, 3.8) is 0 Å². The summed E-state index contributed by atoms with van der Waals surface area (Å²) in [5, 5.41) is 0. The molecular formula is C16H22BrNO8. The second-order valence-corrected chi connectivity index (χ2v) is 9.18. The highest BCUT2D eigenvalue weighted by Gasteiger charge is 2.81. The van der Waals surface area contributed by atoms with Crippen molar-refractivity contribution in [2.45, 2.75) is 74.7 Å². The zero-order valence-corrected chi connectivity index (χ0v) is 16.8. The molecular weight excluding hydrogens is 414 g/mol. The maximum atomic E-state index is 12.9. The summed E-state index contributed by atoms with van der Waals surface area (Å²) in [5.41, 5.74) is -1.67. The number of imide groups is 1. The minimum absolute atomic E-state index is 0.152. The van der Waals surface area contributed by atoms with Gasteiger partial charge in [-0.1, -0.05) is 15.9 Å². The number of cyclic esters (lactones) is 1. The van der Waals surface area contributed by atoms with E-state index in [1.165, 1.54) is 0 Å². The Morgan fingerprint density at radius 1 is 1.19 bits per heavy atom. The molecule has 0 saturated carbocycles. The van der Waals surface area contributed by atoms with Gasteiger partial charge in [0.1, 0.15) is 12.2 Å². The van der Waals surface area contributed by atoms with Gasteiger partial charge in [-0.15, -0.1) is 0 Å². The molecule has 0 aromatic heterocycles. The van der Waals surface area contributed by atoms with Gasteiger partial charge in [0, 0.05) is 0 Å². The van der Waals surface area contributed by atoms with Crippen LogP contribution in [0.2, 0.25) is 0 Å². The molecule has 0 aliphatic carbocycles. The molecule has 0 spiro atoms. The molecule has 26 heavy (non-hydrogen) atoms. The normalized spacial score (nSPS) is 43.9. The maximum absolute atomic E-state index is 12.9. The summed E-state index contributed by atoms with van der Waals surface area (Å²) in [6, 6.07) is 0. The summed E-state index contributed by atoms with van der Waals surface area (Å²) in [5.74, 6) is -4.13. The van der Waals surface area contributed by atoms with Crippen molar-refractivity contribution < 1.29 is 38.0 Å². The van der Waals surface area contributed by atoms with E-state index in [0.29, 0.717) is 0 Å². The van der Waals surface area contributed by atoms with E-state index >= 15 is 0 Å². The monoisotopic (exact) mass is 435 g/mol. The Labute approximate surface area is 159 Å². The molecule has 5 atom stereocenters. The molecule has 10 heteroatoms. The summed E-state index contributed by atoms with van der Waals surface area (Å²) in [7, 11) is 0. The number of rotatable bonds is 1. The lowest BCUT2D eigenvalue weighted by Gasteiger charge is -2.54. The number of carbonyl (C=O) groups excluding carboxylic acids is 2. The number of fused-ring (bicyclic) bond motifs is 1. The quantitative estimate of drug-likeness (QED) is 0.571. The summed E-state index contributed by atoms with van der Waals surface area (Å²) in [6.45, 7) is 8.42. The largest absolute Gasteiger partial charge is 0.443 e. The average Bonchev–Trinajstić information content (AvgIpc) is 2.95. The summed E-state index contributed by atoms with van der Waals surface area (Å²) in [4.78, 5) is 25.9. The number of alkyl halides is 1. The predicted molar refractivity (Wildman–Crippen MR) is 88.1 cm³/mol.